The molecule has 1 aromatic carbocycles. The van der Waals surface area contributed by atoms with Crippen molar-refractivity contribution < 1.29 is 0 Å². The Kier molecular flexibility index (Phi) is 6.27. The molecule has 0 nitrogen and oxygen atoms in total. The van der Waals surface area contributed by atoms with E-state index in [-0.39, 0.29) is 7.43 Å². The molecule has 0 aliphatic carbocycles. The van der Waals surface area contributed by atoms with Crippen LogP contribution in [0.2, 0.25) is 0 Å². The van der Waals surface area contributed by atoms with Gasteiger partial charge in [0.25, 0.3) is 0 Å². The van der Waals surface area contributed by atoms with E-state index in [0.717, 1.165) is 5.92 Å². The molecule has 0 aliphatic heterocycles. The third kappa shape index (κ3) is 5.06. The van der Waals surface area contributed by atoms with Gasteiger partial charge >= 0.3 is 0 Å². The molecule has 0 heteroatoms. The Morgan fingerprint density at radius 1 is 1.21 bits per heavy atom. The van der Waals surface area contributed by atoms with Crippen molar-refractivity contribution >= 4 is 0 Å². The second kappa shape index (κ2) is 6.64. The van der Waals surface area contributed by atoms with Crippen LogP contribution in [0.25, 0.3) is 0 Å². The van der Waals surface area contributed by atoms with Gasteiger partial charge in [0.2, 0.25) is 0 Å². The molecule has 80 valence electrons. The van der Waals surface area contributed by atoms with Crippen molar-refractivity contribution in [2.45, 2.75) is 47.5 Å². The van der Waals surface area contributed by atoms with Gasteiger partial charge in [0.15, 0.2) is 0 Å². The molecule has 0 atom stereocenters. The first kappa shape index (κ1) is 13.2. The normalized spacial score (nSPS) is 10.0. The molecule has 14 heavy (non-hydrogen) atoms. The van der Waals surface area contributed by atoms with Gasteiger partial charge < -0.3 is 0 Å². The Bertz CT molecular complexity index is 248. The summed E-state index contributed by atoms with van der Waals surface area (Å²) in [7, 11) is 0. The molecule has 0 aliphatic rings. The van der Waals surface area contributed by atoms with Gasteiger partial charge in [-0.25, -0.2) is 0 Å². The summed E-state index contributed by atoms with van der Waals surface area (Å²) in [6, 6.07) is 8.83. The summed E-state index contributed by atoms with van der Waals surface area (Å²) in [6.07, 6.45) is 3.90. The van der Waals surface area contributed by atoms with Crippen LogP contribution < -0.4 is 0 Å². The summed E-state index contributed by atoms with van der Waals surface area (Å²) in [5, 5.41) is 0. The number of rotatable bonds is 4. The van der Waals surface area contributed by atoms with Crippen LogP contribution in [0, 0.1) is 12.8 Å². The number of hydrogen-bond acceptors (Lipinski definition) is 0. The van der Waals surface area contributed by atoms with E-state index in [9.17, 15) is 0 Å². The van der Waals surface area contributed by atoms with E-state index in [1.54, 1.807) is 0 Å². The van der Waals surface area contributed by atoms with Gasteiger partial charge in [0.1, 0.15) is 0 Å². The highest BCUT2D eigenvalue weighted by molar-refractivity contribution is 5.22. The molecule has 0 bridgehead atoms. The SMILES string of the molecule is C.Cc1cccc(CCCC(C)C)c1. The van der Waals surface area contributed by atoms with Crippen molar-refractivity contribution in [1.29, 1.82) is 0 Å². The van der Waals surface area contributed by atoms with Gasteiger partial charge in [0, 0.05) is 0 Å². The van der Waals surface area contributed by atoms with E-state index in [2.05, 4.69) is 45.0 Å². The van der Waals surface area contributed by atoms with Gasteiger partial charge in [-0.1, -0.05) is 57.5 Å². The minimum Gasteiger partial charge on any atom is -0.0776 e. The topological polar surface area (TPSA) is 0 Å². The summed E-state index contributed by atoms with van der Waals surface area (Å²) < 4.78 is 0. The van der Waals surface area contributed by atoms with E-state index in [1.165, 1.54) is 30.4 Å². The molecule has 0 amide bonds. The Hall–Kier alpha value is -0.780. The highest BCUT2D eigenvalue weighted by Gasteiger charge is 1.96. The van der Waals surface area contributed by atoms with Gasteiger partial charge in [0.05, 0.1) is 0 Å². The molecule has 0 saturated carbocycles. The average Bonchev–Trinajstić information content (AvgIpc) is 2.03. The highest BCUT2D eigenvalue weighted by atomic mass is 14.0. The van der Waals surface area contributed by atoms with Gasteiger partial charge in [-0.3, -0.25) is 0 Å². The van der Waals surface area contributed by atoms with Crippen molar-refractivity contribution in [3.05, 3.63) is 35.4 Å². The quantitative estimate of drug-likeness (QED) is 0.653. The van der Waals surface area contributed by atoms with Crippen molar-refractivity contribution in [1.82, 2.24) is 0 Å². The zero-order chi connectivity index (χ0) is 9.68. The van der Waals surface area contributed by atoms with E-state index < -0.39 is 0 Å². The van der Waals surface area contributed by atoms with Crippen LogP contribution in [0.4, 0.5) is 0 Å². The van der Waals surface area contributed by atoms with Gasteiger partial charge in [-0.05, 0) is 31.2 Å². The second-order valence-electron chi connectivity index (χ2n) is 4.28. The fraction of sp³-hybridized carbons (Fsp3) is 0.571. The first-order valence-electron chi connectivity index (χ1n) is 5.24. The first-order valence-corrected chi connectivity index (χ1v) is 5.24. The third-order valence-electron chi connectivity index (χ3n) is 2.33. The lowest BCUT2D eigenvalue weighted by molar-refractivity contribution is 0.556. The summed E-state index contributed by atoms with van der Waals surface area (Å²) in [4.78, 5) is 0. The molecule has 0 fully saturated rings. The minimum absolute atomic E-state index is 0. The molecule has 0 saturated heterocycles. The Labute approximate surface area is 89.4 Å². The smallest absolute Gasteiger partial charge is 0.0279 e. The first-order chi connectivity index (χ1) is 6.18. The number of benzene rings is 1. The van der Waals surface area contributed by atoms with Crippen molar-refractivity contribution in [3.8, 4) is 0 Å². The van der Waals surface area contributed by atoms with Crippen LogP contribution in [0.15, 0.2) is 24.3 Å². The number of aryl methyl sites for hydroxylation is 2. The lowest BCUT2D eigenvalue weighted by atomic mass is 10.0. The van der Waals surface area contributed by atoms with Crippen LogP contribution in [-0.4, -0.2) is 0 Å². The maximum absolute atomic E-state index is 2.29. The lowest BCUT2D eigenvalue weighted by Crippen LogP contribution is -1.91. The Balaban J connectivity index is 0.00000169. The van der Waals surface area contributed by atoms with E-state index in [4.69, 9.17) is 0 Å². The van der Waals surface area contributed by atoms with Crippen LogP contribution in [0.3, 0.4) is 0 Å². The zero-order valence-corrected chi connectivity index (χ0v) is 9.01. The monoisotopic (exact) mass is 192 g/mol. The molecule has 0 spiro atoms. The second-order valence-corrected chi connectivity index (χ2v) is 4.28. The predicted molar refractivity (Wildman–Crippen MR) is 65.7 cm³/mol. The molecule has 0 N–H and O–H groups in total. The number of hydrogen-bond donors (Lipinski definition) is 0. The maximum atomic E-state index is 2.29. The molecule has 0 unspecified atom stereocenters. The molecular weight excluding hydrogens is 168 g/mol. The molecule has 1 rings (SSSR count). The maximum Gasteiger partial charge on any atom is -0.0279 e. The van der Waals surface area contributed by atoms with Crippen LogP contribution in [0.5, 0.6) is 0 Å². The van der Waals surface area contributed by atoms with Crippen molar-refractivity contribution in [2.24, 2.45) is 5.92 Å². The van der Waals surface area contributed by atoms with Gasteiger partial charge in [-0.15, -0.1) is 0 Å². The summed E-state index contributed by atoms with van der Waals surface area (Å²) in [6.45, 7) is 6.73. The summed E-state index contributed by atoms with van der Waals surface area (Å²) in [5.41, 5.74) is 2.86. The van der Waals surface area contributed by atoms with Crippen molar-refractivity contribution in [3.63, 3.8) is 0 Å². The highest BCUT2D eigenvalue weighted by Crippen LogP contribution is 2.10. The standard InChI is InChI=1S/C13H20.CH4/c1-11(2)6-4-8-13-9-5-7-12(3)10-13;/h5,7,9-11H,4,6,8H2,1-3H3;1H4. The predicted octanol–water partition coefficient (Wildman–Crippen LogP) is 4.61. The van der Waals surface area contributed by atoms with Gasteiger partial charge in [-0.2, -0.15) is 0 Å². The Morgan fingerprint density at radius 3 is 2.50 bits per heavy atom. The molecule has 1 aromatic rings. The van der Waals surface area contributed by atoms with Crippen LogP contribution in [0.1, 0.15) is 45.2 Å². The zero-order valence-electron chi connectivity index (χ0n) is 9.01. The molecule has 0 radical (unpaired) electrons. The molecular formula is C14H24. The van der Waals surface area contributed by atoms with E-state index >= 15 is 0 Å². The fourth-order valence-electron chi connectivity index (χ4n) is 1.58. The van der Waals surface area contributed by atoms with E-state index in [1.807, 2.05) is 0 Å². The average molecular weight is 192 g/mol. The fourth-order valence-corrected chi connectivity index (χ4v) is 1.58. The lowest BCUT2D eigenvalue weighted by Gasteiger charge is -2.04. The Morgan fingerprint density at radius 2 is 1.93 bits per heavy atom. The largest absolute Gasteiger partial charge is 0.0776 e. The van der Waals surface area contributed by atoms with E-state index in [0.29, 0.717) is 0 Å². The molecule has 0 heterocycles. The third-order valence-corrected chi connectivity index (χ3v) is 2.33. The van der Waals surface area contributed by atoms with Crippen LogP contribution >= 0.6 is 0 Å². The minimum atomic E-state index is 0. The molecule has 0 aromatic heterocycles. The van der Waals surface area contributed by atoms with Crippen LogP contribution in [-0.2, 0) is 6.42 Å². The van der Waals surface area contributed by atoms with Crippen molar-refractivity contribution in [2.75, 3.05) is 0 Å². The summed E-state index contributed by atoms with van der Waals surface area (Å²) >= 11 is 0. The summed E-state index contributed by atoms with van der Waals surface area (Å²) in [5.74, 6) is 0.838.